The monoisotopic (exact) mass is 463 g/mol. The van der Waals surface area contributed by atoms with Crippen molar-refractivity contribution in [3.05, 3.63) is 39.9 Å². The molecule has 0 aliphatic heterocycles. The second kappa shape index (κ2) is 13.4. The first-order valence-corrected chi connectivity index (χ1v) is 11.6. The minimum atomic E-state index is -3.61. The SMILES string of the molecule is COCCc1ccc(OCC(O)CNC(C)(C)CS(=O)(=O)NCCCO[N+](=O)[O-])cc1. The molecule has 12 heteroatoms. The van der Waals surface area contributed by atoms with Crippen LogP contribution in [0.5, 0.6) is 5.75 Å². The molecule has 31 heavy (non-hydrogen) atoms. The number of nitrogens with zero attached hydrogens (tertiary/aromatic N) is 1. The van der Waals surface area contributed by atoms with Crippen molar-refractivity contribution < 1.29 is 32.9 Å². The molecule has 1 unspecified atom stereocenters. The molecule has 0 aliphatic rings. The van der Waals surface area contributed by atoms with E-state index in [0.29, 0.717) is 12.4 Å². The summed E-state index contributed by atoms with van der Waals surface area (Å²) in [4.78, 5) is 14.2. The van der Waals surface area contributed by atoms with E-state index in [-0.39, 0.29) is 38.5 Å². The molecular formula is C19H33N3O8S. The Kier molecular flexibility index (Phi) is 11.7. The largest absolute Gasteiger partial charge is 0.491 e. The first-order valence-electron chi connectivity index (χ1n) is 9.91. The van der Waals surface area contributed by atoms with Crippen LogP contribution in [0.4, 0.5) is 0 Å². The van der Waals surface area contributed by atoms with Crippen LogP contribution in [-0.4, -0.2) is 76.0 Å². The molecular weight excluding hydrogens is 430 g/mol. The Morgan fingerprint density at radius 3 is 2.52 bits per heavy atom. The lowest BCUT2D eigenvalue weighted by molar-refractivity contribution is -0.757. The summed E-state index contributed by atoms with van der Waals surface area (Å²) in [5, 5.41) is 22.3. The van der Waals surface area contributed by atoms with Crippen LogP contribution in [0, 0.1) is 10.1 Å². The minimum Gasteiger partial charge on any atom is -0.491 e. The summed E-state index contributed by atoms with van der Waals surface area (Å²) < 4.78 is 37.3. The molecule has 0 radical (unpaired) electrons. The number of aliphatic hydroxyl groups excluding tert-OH is 1. The molecule has 0 heterocycles. The van der Waals surface area contributed by atoms with Crippen molar-refractivity contribution in [2.24, 2.45) is 0 Å². The molecule has 11 nitrogen and oxygen atoms in total. The third kappa shape index (κ3) is 13.1. The lowest BCUT2D eigenvalue weighted by atomic mass is 10.1. The number of nitrogens with one attached hydrogen (secondary N) is 2. The molecule has 0 amide bonds. The fraction of sp³-hybridized carbons (Fsp3) is 0.684. The predicted octanol–water partition coefficient (Wildman–Crippen LogP) is 0.501. The Hall–Kier alpha value is -1.99. The third-order valence-corrected chi connectivity index (χ3v) is 5.91. The fourth-order valence-corrected chi connectivity index (χ4v) is 4.24. The zero-order valence-electron chi connectivity index (χ0n) is 18.2. The molecule has 3 N–H and O–H groups in total. The van der Waals surface area contributed by atoms with Gasteiger partial charge in [-0.3, -0.25) is 0 Å². The third-order valence-electron chi connectivity index (χ3n) is 4.17. The lowest BCUT2D eigenvalue weighted by Gasteiger charge is -2.27. The molecule has 0 saturated heterocycles. The Labute approximate surface area is 183 Å². The van der Waals surface area contributed by atoms with Crippen molar-refractivity contribution in [2.45, 2.75) is 38.3 Å². The quantitative estimate of drug-likeness (QED) is 0.170. The predicted molar refractivity (Wildman–Crippen MR) is 115 cm³/mol. The van der Waals surface area contributed by atoms with Crippen molar-refractivity contribution in [3.8, 4) is 5.75 Å². The van der Waals surface area contributed by atoms with Crippen LogP contribution in [0.1, 0.15) is 25.8 Å². The van der Waals surface area contributed by atoms with Gasteiger partial charge in [-0.1, -0.05) is 12.1 Å². The standard InChI is InChI=1S/C19H33N3O8S/c1-19(2,15-31(26,27)21-10-4-11-30-22(24)25)20-13-17(23)14-29-18-7-5-16(6-8-18)9-12-28-3/h5-8,17,20-21,23H,4,9-15H2,1-3H3. The van der Waals surface area contributed by atoms with Gasteiger partial charge in [0.25, 0.3) is 5.09 Å². The maximum atomic E-state index is 12.2. The Bertz CT molecular complexity index is 756. The summed E-state index contributed by atoms with van der Waals surface area (Å²) in [6.07, 6.45) is 0.155. The van der Waals surface area contributed by atoms with E-state index in [1.54, 1.807) is 21.0 Å². The summed E-state index contributed by atoms with van der Waals surface area (Å²) in [7, 11) is -1.96. The molecule has 0 bridgehead atoms. The van der Waals surface area contributed by atoms with Crippen LogP contribution in [-0.2, 0) is 26.0 Å². The van der Waals surface area contributed by atoms with E-state index in [1.807, 2.05) is 24.3 Å². The van der Waals surface area contributed by atoms with E-state index in [2.05, 4.69) is 14.9 Å². The number of benzene rings is 1. The van der Waals surface area contributed by atoms with Crippen LogP contribution in [0.15, 0.2) is 24.3 Å². The van der Waals surface area contributed by atoms with Gasteiger partial charge in [0.15, 0.2) is 0 Å². The zero-order chi connectivity index (χ0) is 23.3. The first kappa shape index (κ1) is 27.0. The number of sulfonamides is 1. The van der Waals surface area contributed by atoms with Crippen molar-refractivity contribution >= 4 is 10.0 Å². The molecule has 178 valence electrons. The van der Waals surface area contributed by atoms with Crippen molar-refractivity contribution in [1.29, 1.82) is 0 Å². The number of hydrogen-bond acceptors (Lipinski definition) is 9. The Morgan fingerprint density at radius 2 is 1.90 bits per heavy atom. The highest BCUT2D eigenvalue weighted by molar-refractivity contribution is 7.89. The van der Waals surface area contributed by atoms with E-state index >= 15 is 0 Å². The molecule has 0 spiro atoms. The first-order chi connectivity index (χ1) is 14.5. The molecule has 1 rings (SSSR count). The van der Waals surface area contributed by atoms with Gasteiger partial charge in [0.1, 0.15) is 18.5 Å². The van der Waals surface area contributed by atoms with Gasteiger partial charge in [-0.15, -0.1) is 10.1 Å². The minimum absolute atomic E-state index is 0.0347. The van der Waals surface area contributed by atoms with E-state index < -0.39 is 26.8 Å². The zero-order valence-corrected chi connectivity index (χ0v) is 19.0. The maximum absolute atomic E-state index is 12.2. The van der Waals surface area contributed by atoms with Gasteiger partial charge in [0.2, 0.25) is 10.0 Å². The molecule has 0 saturated carbocycles. The number of aliphatic hydroxyl groups is 1. The van der Waals surface area contributed by atoms with E-state index in [1.165, 1.54) is 0 Å². The number of β-amino-alcohol motifs (C(OH)–C–C–N with tert-alkyl or cyclic N) is 1. The van der Waals surface area contributed by atoms with Gasteiger partial charge >= 0.3 is 0 Å². The number of rotatable bonds is 17. The molecule has 0 fully saturated rings. The van der Waals surface area contributed by atoms with Gasteiger partial charge in [-0.05, 0) is 44.4 Å². The fourth-order valence-electron chi connectivity index (χ4n) is 2.63. The van der Waals surface area contributed by atoms with E-state index in [0.717, 1.165) is 12.0 Å². The van der Waals surface area contributed by atoms with Crippen molar-refractivity contribution in [3.63, 3.8) is 0 Å². The average Bonchev–Trinajstić information content (AvgIpc) is 2.68. The topological polar surface area (TPSA) is 149 Å². The number of ether oxygens (including phenoxy) is 2. The van der Waals surface area contributed by atoms with Crippen LogP contribution >= 0.6 is 0 Å². The van der Waals surface area contributed by atoms with Crippen LogP contribution in [0.2, 0.25) is 0 Å². The number of methoxy groups -OCH3 is 1. The normalized spacial score (nSPS) is 13.0. The summed E-state index contributed by atoms with van der Waals surface area (Å²) >= 11 is 0. The molecule has 1 aromatic carbocycles. The van der Waals surface area contributed by atoms with Gasteiger partial charge < -0.3 is 24.7 Å². The smallest absolute Gasteiger partial charge is 0.294 e. The van der Waals surface area contributed by atoms with Crippen molar-refractivity contribution in [2.75, 3.05) is 45.8 Å². The van der Waals surface area contributed by atoms with Crippen LogP contribution < -0.4 is 14.8 Å². The van der Waals surface area contributed by atoms with E-state index in [4.69, 9.17) is 9.47 Å². The lowest BCUT2D eigenvalue weighted by Crippen LogP contribution is -2.51. The highest BCUT2D eigenvalue weighted by Crippen LogP contribution is 2.13. The van der Waals surface area contributed by atoms with Crippen molar-refractivity contribution in [1.82, 2.24) is 10.0 Å². The molecule has 0 aliphatic carbocycles. The summed E-state index contributed by atoms with van der Waals surface area (Å²) in [5.41, 5.74) is 0.311. The van der Waals surface area contributed by atoms with Gasteiger partial charge in [-0.2, -0.15) is 0 Å². The highest BCUT2D eigenvalue weighted by Gasteiger charge is 2.26. The number of hydrogen-bond donors (Lipinski definition) is 3. The van der Waals surface area contributed by atoms with Gasteiger partial charge in [-0.25, -0.2) is 13.1 Å². The van der Waals surface area contributed by atoms with Crippen LogP contribution in [0.25, 0.3) is 0 Å². The molecule has 1 atom stereocenters. The van der Waals surface area contributed by atoms with Crippen LogP contribution in [0.3, 0.4) is 0 Å². The Morgan fingerprint density at radius 1 is 1.23 bits per heavy atom. The van der Waals surface area contributed by atoms with Gasteiger partial charge in [0, 0.05) is 25.7 Å². The average molecular weight is 464 g/mol. The summed E-state index contributed by atoms with van der Waals surface area (Å²) in [5.74, 6) is 0.402. The Balaban J connectivity index is 2.33. The van der Waals surface area contributed by atoms with E-state index in [9.17, 15) is 23.6 Å². The molecule has 0 aromatic heterocycles. The highest BCUT2D eigenvalue weighted by atomic mass is 32.2. The maximum Gasteiger partial charge on any atom is 0.294 e. The second-order valence-corrected chi connectivity index (χ2v) is 9.49. The second-order valence-electron chi connectivity index (χ2n) is 7.68. The molecule has 1 aromatic rings. The summed E-state index contributed by atoms with van der Waals surface area (Å²) in [6.45, 7) is 4.10. The summed E-state index contributed by atoms with van der Waals surface area (Å²) in [6, 6.07) is 7.51. The van der Waals surface area contributed by atoms with Gasteiger partial charge in [0.05, 0.1) is 19.0 Å².